The van der Waals surface area contributed by atoms with E-state index in [2.05, 4.69) is 26.0 Å². The number of unbranched alkanes of at least 4 members (excludes halogenated alkanes) is 1. The summed E-state index contributed by atoms with van der Waals surface area (Å²) in [6.07, 6.45) is 3.45. The molecule has 0 bridgehead atoms. The van der Waals surface area contributed by atoms with Crippen molar-refractivity contribution in [3.63, 3.8) is 0 Å². The number of amides is 2. The summed E-state index contributed by atoms with van der Waals surface area (Å²) in [5, 5.41) is 7.44. The maximum Gasteiger partial charge on any atom is 0.288 e. The molecule has 0 saturated carbocycles. The minimum atomic E-state index is -0.621. The van der Waals surface area contributed by atoms with Gasteiger partial charge in [0.2, 0.25) is 5.84 Å². The molecule has 3 N–H and O–H groups in total. The Morgan fingerprint density at radius 1 is 1.11 bits per heavy atom. The van der Waals surface area contributed by atoms with Crippen molar-refractivity contribution >= 4 is 29.2 Å². The molecule has 0 spiro atoms. The van der Waals surface area contributed by atoms with Gasteiger partial charge in [-0.05, 0) is 44.0 Å². The topological polar surface area (TPSA) is 98.7 Å². The van der Waals surface area contributed by atoms with E-state index >= 15 is 0 Å². The number of para-hydroxylation sites is 1. The maximum absolute atomic E-state index is 12.4. The van der Waals surface area contributed by atoms with Gasteiger partial charge < -0.3 is 10.6 Å². The summed E-state index contributed by atoms with van der Waals surface area (Å²) < 4.78 is 0. The van der Waals surface area contributed by atoms with Crippen LogP contribution in [0.2, 0.25) is 0 Å². The number of rotatable bonds is 8. The molecule has 1 atom stereocenters. The number of nitrogens with one attached hydrogen (secondary N) is 3. The molecule has 146 valence electrons. The average Bonchev–Trinajstić information content (AvgIpc) is 2.73. The Labute approximate surface area is 164 Å². The van der Waals surface area contributed by atoms with Crippen LogP contribution in [0.25, 0.3) is 0 Å². The van der Waals surface area contributed by atoms with Gasteiger partial charge in [-0.1, -0.05) is 24.3 Å². The Hall–Kier alpha value is -3.42. The SMILES string of the molecule is CC1N=C(C(=O)NCCCCNc2ccccn2)NN(c2ccccc2)C1=O. The van der Waals surface area contributed by atoms with Gasteiger partial charge in [-0.2, -0.15) is 0 Å². The van der Waals surface area contributed by atoms with Crippen LogP contribution in [0.5, 0.6) is 0 Å². The van der Waals surface area contributed by atoms with E-state index in [1.165, 1.54) is 5.01 Å². The summed E-state index contributed by atoms with van der Waals surface area (Å²) >= 11 is 0. The van der Waals surface area contributed by atoms with E-state index in [1.807, 2.05) is 36.4 Å². The summed E-state index contributed by atoms with van der Waals surface area (Å²) in [4.78, 5) is 33.1. The quantitative estimate of drug-likeness (QED) is 0.606. The largest absolute Gasteiger partial charge is 0.370 e. The molecule has 8 heteroatoms. The second kappa shape index (κ2) is 9.50. The van der Waals surface area contributed by atoms with Gasteiger partial charge in [0, 0.05) is 19.3 Å². The zero-order valence-corrected chi connectivity index (χ0v) is 15.8. The van der Waals surface area contributed by atoms with Gasteiger partial charge in [0.25, 0.3) is 11.8 Å². The zero-order chi connectivity index (χ0) is 19.8. The van der Waals surface area contributed by atoms with Crippen molar-refractivity contribution in [3.8, 4) is 0 Å². The lowest BCUT2D eigenvalue weighted by molar-refractivity contribution is -0.120. The molecule has 1 aliphatic heterocycles. The summed E-state index contributed by atoms with van der Waals surface area (Å²) in [6.45, 7) is 2.98. The Morgan fingerprint density at radius 3 is 2.61 bits per heavy atom. The van der Waals surface area contributed by atoms with Crippen LogP contribution < -0.4 is 21.1 Å². The van der Waals surface area contributed by atoms with Gasteiger partial charge in [-0.3, -0.25) is 15.0 Å². The fraction of sp³-hybridized carbons (Fsp3) is 0.300. The fourth-order valence-electron chi connectivity index (χ4n) is 2.72. The number of aliphatic imine (C=N–C) groups is 1. The molecule has 2 amide bonds. The van der Waals surface area contributed by atoms with E-state index in [0.29, 0.717) is 12.2 Å². The third kappa shape index (κ3) is 5.06. The second-order valence-electron chi connectivity index (χ2n) is 6.38. The van der Waals surface area contributed by atoms with E-state index in [9.17, 15) is 9.59 Å². The molecule has 1 unspecified atom stereocenters. The molecule has 1 aromatic carbocycles. The molecule has 2 heterocycles. The lowest BCUT2D eigenvalue weighted by Gasteiger charge is -2.30. The number of nitrogens with zero attached hydrogens (tertiary/aromatic N) is 3. The van der Waals surface area contributed by atoms with Crippen molar-refractivity contribution in [3.05, 3.63) is 54.7 Å². The van der Waals surface area contributed by atoms with Crippen LogP contribution in [-0.2, 0) is 9.59 Å². The Kier molecular flexibility index (Phi) is 6.56. The van der Waals surface area contributed by atoms with E-state index in [1.54, 1.807) is 25.3 Å². The van der Waals surface area contributed by atoms with Crippen molar-refractivity contribution in [2.75, 3.05) is 23.4 Å². The monoisotopic (exact) mass is 380 g/mol. The van der Waals surface area contributed by atoms with Gasteiger partial charge in [0.15, 0.2) is 0 Å². The average molecular weight is 380 g/mol. The van der Waals surface area contributed by atoms with E-state index in [-0.39, 0.29) is 17.6 Å². The molecule has 0 saturated heterocycles. The van der Waals surface area contributed by atoms with Gasteiger partial charge in [0.05, 0.1) is 5.69 Å². The number of anilines is 2. The third-order valence-corrected chi connectivity index (χ3v) is 4.21. The highest BCUT2D eigenvalue weighted by Crippen LogP contribution is 2.15. The van der Waals surface area contributed by atoms with E-state index in [4.69, 9.17) is 0 Å². The van der Waals surface area contributed by atoms with Crippen LogP contribution in [-0.4, -0.2) is 41.8 Å². The number of hydrogen-bond donors (Lipinski definition) is 3. The normalized spacial score (nSPS) is 16.2. The van der Waals surface area contributed by atoms with E-state index < -0.39 is 6.04 Å². The second-order valence-corrected chi connectivity index (χ2v) is 6.38. The number of hydrazine groups is 1. The number of benzene rings is 1. The van der Waals surface area contributed by atoms with Crippen molar-refractivity contribution in [1.29, 1.82) is 0 Å². The van der Waals surface area contributed by atoms with E-state index in [0.717, 1.165) is 25.2 Å². The summed E-state index contributed by atoms with van der Waals surface area (Å²) in [5.74, 6) is 0.454. The molecule has 0 fully saturated rings. The molecule has 1 aromatic heterocycles. The Balaban J connectivity index is 1.44. The standard InChI is InChI=1S/C20H24N6O2/c1-15-20(28)26(16-9-3-2-4-10-16)25-18(24-15)19(27)23-14-8-7-13-22-17-11-5-6-12-21-17/h2-6,9-12,15H,7-8,13-14H2,1H3,(H,21,22)(H,23,27)(H,24,25). The Morgan fingerprint density at radius 2 is 1.86 bits per heavy atom. The number of hydrogen-bond acceptors (Lipinski definition) is 6. The zero-order valence-electron chi connectivity index (χ0n) is 15.8. The van der Waals surface area contributed by atoms with Crippen molar-refractivity contribution in [2.24, 2.45) is 4.99 Å². The fourth-order valence-corrected chi connectivity index (χ4v) is 2.72. The summed E-state index contributed by atoms with van der Waals surface area (Å²) in [6, 6.07) is 14.2. The predicted octanol–water partition coefficient (Wildman–Crippen LogP) is 1.73. The predicted molar refractivity (Wildman–Crippen MR) is 109 cm³/mol. The van der Waals surface area contributed by atoms with Crippen molar-refractivity contribution in [1.82, 2.24) is 15.7 Å². The number of amidine groups is 1. The van der Waals surface area contributed by atoms with Crippen LogP contribution in [0.4, 0.5) is 11.5 Å². The number of carbonyl (C=O) groups excluding carboxylic acids is 2. The number of carbonyl (C=O) groups is 2. The highest BCUT2D eigenvalue weighted by Gasteiger charge is 2.30. The van der Waals surface area contributed by atoms with Crippen LogP contribution in [0.3, 0.4) is 0 Å². The lowest BCUT2D eigenvalue weighted by Crippen LogP contribution is -2.58. The number of pyridine rings is 1. The summed E-state index contributed by atoms with van der Waals surface area (Å²) in [7, 11) is 0. The molecule has 0 radical (unpaired) electrons. The van der Waals surface area contributed by atoms with Gasteiger partial charge >= 0.3 is 0 Å². The van der Waals surface area contributed by atoms with Crippen LogP contribution in [0.15, 0.2) is 59.7 Å². The van der Waals surface area contributed by atoms with Crippen LogP contribution in [0, 0.1) is 0 Å². The first kappa shape index (κ1) is 19.3. The first-order valence-electron chi connectivity index (χ1n) is 9.32. The molecule has 1 aliphatic rings. The first-order valence-corrected chi connectivity index (χ1v) is 9.32. The molecule has 2 aromatic rings. The van der Waals surface area contributed by atoms with Crippen LogP contribution >= 0.6 is 0 Å². The highest BCUT2D eigenvalue weighted by molar-refractivity contribution is 6.39. The molecule has 8 nitrogen and oxygen atoms in total. The molecule has 0 aliphatic carbocycles. The summed E-state index contributed by atoms with van der Waals surface area (Å²) in [5.41, 5.74) is 3.49. The maximum atomic E-state index is 12.4. The minimum absolute atomic E-state index is 0.141. The smallest absolute Gasteiger partial charge is 0.288 e. The lowest BCUT2D eigenvalue weighted by atomic mass is 10.2. The number of aromatic nitrogens is 1. The third-order valence-electron chi connectivity index (χ3n) is 4.21. The first-order chi connectivity index (χ1) is 13.6. The van der Waals surface area contributed by atoms with Gasteiger partial charge in [-0.25, -0.2) is 15.0 Å². The van der Waals surface area contributed by atoms with Gasteiger partial charge in [0.1, 0.15) is 11.9 Å². The van der Waals surface area contributed by atoms with Gasteiger partial charge in [-0.15, -0.1) is 0 Å². The molecular weight excluding hydrogens is 356 g/mol. The van der Waals surface area contributed by atoms with Crippen LogP contribution in [0.1, 0.15) is 19.8 Å². The molecular formula is C20H24N6O2. The highest BCUT2D eigenvalue weighted by atomic mass is 16.2. The van der Waals surface area contributed by atoms with Crippen molar-refractivity contribution < 1.29 is 9.59 Å². The Bertz CT molecular complexity index is 825. The molecule has 28 heavy (non-hydrogen) atoms. The minimum Gasteiger partial charge on any atom is -0.370 e. The van der Waals surface area contributed by atoms with Crippen molar-refractivity contribution in [2.45, 2.75) is 25.8 Å². The molecule has 3 rings (SSSR count).